The molecule has 0 aliphatic carbocycles. The minimum Gasteiger partial charge on any atom is -0.463 e. The first-order valence-corrected chi connectivity index (χ1v) is 11.9. The number of ether oxygens (including phenoxy) is 6. The van der Waals surface area contributed by atoms with Crippen molar-refractivity contribution in [3.05, 3.63) is 28.9 Å². The van der Waals surface area contributed by atoms with E-state index >= 15 is 0 Å². The summed E-state index contributed by atoms with van der Waals surface area (Å²) in [5.74, 6) is -3.00. The van der Waals surface area contributed by atoms with Crippen LogP contribution in [0.3, 0.4) is 0 Å². The second-order valence-electron chi connectivity index (χ2n) is 8.23. The molecule has 37 heavy (non-hydrogen) atoms. The molecule has 3 rings (SSSR count). The molecular weight excluding hydrogens is 558 g/mol. The van der Waals surface area contributed by atoms with Crippen molar-refractivity contribution < 1.29 is 52.4 Å². The van der Waals surface area contributed by atoms with Crippen LogP contribution in [0.2, 0.25) is 0 Å². The highest BCUT2D eigenvalue weighted by molar-refractivity contribution is 9.10. The molecule has 5 atom stereocenters. The fourth-order valence-corrected chi connectivity index (χ4v) is 4.30. The van der Waals surface area contributed by atoms with Gasteiger partial charge < -0.3 is 28.4 Å². The van der Waals surface area contributed by atoms with Gasteiger partial charge in [0, 0.05) is 44.5 Å². The van der Waals surface area contributed by atoms with E-state index in [2.05, 4.69) is 15.9 Å². The van der Waals surface area contributed by atoms with Crippen LogP contribution in [0.15, 0.2) is 28.9 Å². The lowest BCUT2D eigenvalue weighted by molar-refractivity contribution is -0.288. The fraction of sp³-hybridized carbons (Fsp3) is 0.458. The van der Waals surface area contributed by atoms with Crippen LogP contribution in [0.5, 0.6) is 5.75 Å². The monoisotopic (exact) mass is 583 g/mol. The summed E-state index contributed by atoms with van der Waals surface area (Å²) < 4.78 is 35.4. The predicted molar refractivity (Wildman–Crippen MR) is 129 cm³/mol. The number of hydrogen-bond donors (Lipinski definition) is 0. The molecule has 2 heterocycles. The zero-order valence-corrected chi connectivity index (χ0v) is 22.3. The first kappa shape index (κ1) is 28.1. The summed E-state index contributed by atoms with van der Waals surface area (Å²) >= 11 is 3.39. The molecule has 1 aromatic carbocycles. The SMILES string of the molecule is CC(=O)OC[C@H]1O[C@@H](Oc2cn(C(C)=O)c3ccc(Br)cc23)[C@H](OC(C)=O)[C@@H](OC(C)=O)[C@H]1OC(C)=O. The van der Waals surface area contributed by atoms with Gasteiger partial charge in [0.15, 0.2) is 12.2 Å². The number of nitrogens with zero attached hydrogens (tertiary/aromatic N) is 1. The summed E-state index contributed by atoms with van der Waals surface area (Å²) in [6.45, 7) is 5.55. The fourth-order valence-electron chi connectivity index (χ4n) is 3.94. The Labute approximate surface area is 220 Å². The zero-order chi connectivity index (χ0) is 27.4. The molecule has 12 nitrogen and oxygen atoms in total. The number of carbonyl (C=O) groups is 5. The Morgan fingerprint density at radius 3 is 2.03 bits per heavy atom. The standard InChI is InChI=1S/C24H26BrNO11/c1-11(27)26-9-19(17-8-16(25)6-7-18(17)26)36-24-23(35-15(5)31)22(34-14(4)30)21(33-13(3)29)20(37-24)10-32-12(2)28/h6-9,20-24H,10H2,1-5H3/t20-,21+,22+,23-,24-/m1/s1. The number of hydrogen-bond acceptors (Lipinski definition) is 11. The average molecular weight is 584 g/mol. The molecule has 0 saturated carbocycles. The van der Waals surface area contributed by atoms with Gasteiger partial charge in [0.05, 0.1) is 11.7 Å². The van der Waals surface area contributed by atoms with Crippen LogP contribution >= 0.6 is 15.9 Å². The lowest BCUT2D eigenvalue weighted by Crippen LogP contribution is -2.63. The van der Waals surface area contributed by atoms with Gasteiger partial charge in [-0.2, -0.15) is 0 Å². The Balaban J connectivity index is 2.10. The molecule has 0 bridgehead atoms. The highest BCUT2D eigenvalue weighted by Gasteiger charge is 2.53. The first-order valence-electron chi connectivity index (χ1n) is 11.2. The molecule has 0 unspecified atom stereocenters. The molecule has 1 aromatic heterocycles. The molecule has 1 saturated heterocycles. The highest BCUT2D eigenvalue weighted by atomic mass is 79.9. The van der Waals surface area contributed by atoms with Crippen LogP contribution in [-0.2, 0) is 42.9 Å². The van der Waals surface area contributed by atoms with E-state index in [-0.39, 0.29) is 11.7 Å². The number of esters is 4. The lowest BCUT2D eigenvalue weighted by atomic mass is 9.98. The molecule has 0 N–H and O–H groups in total. The van der Waals surface area contributed by atoms with Crippen LogP contribution in [0.1, 0.15) is 39.4 Å². The van der Waals surface area contributed by atoms with E-state index < -0.39 is 61.2 Å². The summed E-state index contributed by atoms with van der Waals surface area (Å²) in [6.07, 6.45) is -5.24. The number of fused-ring (bicyclic) bond motifs is 1. The van der Waals surface area contributed by atoms with Crippen LogP contribution in [0.4, 0.5) is 0 Å². The number of aromatic nitrogens is 1. The summed E-state index contributed by atoms with van der Waals surface area (Å²) in [5, 5.41) is 0.525. The number of benzene rings is 1. The first-order chi connectivity index (χ1) is 17.4. The van der Waals surface area contributed by atoms with Gasteiger partial charge in [0.2, 0.25) is 18.3 Å². The topological polar surface area (TPSA) is 146 Å². The van der Waals surface area contributed by atoms with Crippen LogP contribution in [0.25, 0.3) is 10.9 Å². The van der Waals surface area contributed by atoms with Crippen molar-refractivity contribution in [1.29, 1.82) is 0 Å². The van der Waals surface area contributed by atoms with E-state index in [1.165, 1.54) is 24.6 Å². The van der Waals surface area contributed by atoms with Gasteiger partial charge in [-0.25, -0.2) is 0 Å². The van der Waals surface area contributed by atoms with Crippen LogP contribution < -0.4 is 4.74 Å². The zero-order valence-electron chi connectivity index (χ0n) is 20.7. The normalized spacial score (nSPS) is 23.1. The highest BCUT2D eigenvalue weighted by Crippen LogP contribution is 2.35. The summed E-state index contributed by atoms with van der Waals surface area (Å²) in [6, 6.07) is 5.18. The van der Waals surface area contributed by atoms with E-state index in [4.69, 9.17) is 28.4 Å². The third-order valence-corrected chi connectivity index (χ3v) is 5.75. The molecule has 1 fully saturated rings. The molecule has 13 heteroatoms. The Morgan fingerprint density at radius 1 is 0.865 bits per heavy atom. The Morgan fingerprint density at radius 2 is 1.46 bits per heavy atom. The second kappa shape index (κ2) is 11.7. The lowest BCUT2D eigenvalue weighted by Gasteiger charge is -2.43. The maximum atomic E-state index is 12.2. The average Bonchev–Trinajstić information content (AvgIpc) is 3.13. The Bertz CT molecular complexity index is 1220. The molecule has 0 amide bonds. The van der Waals surface area contributed by atoms with Crippen molar-refractivity contribution in [2.75, 3.05) is 6.61 Å². The van der Waals surface area contributed by atoms with Crippen molar-refractivity contribution in [3.63, 3.8) is 0 Å². The minimum atomic E-state index is -1.43. The third-order valence-electron chi connectivity index (χ3n) is 5.26. The quantitative estimate of drug-likeness (QED) is 0.350. The van der Waals surface area contributed by atoms with Crippen molar-refractivity contribution in [2.45, 2.75) is 65.3 Å². The van der Waals surface area contributed by atoms with E-state index in [0.717, 1.165) is 20.8 Å². The van der Waals surface area contributed by atoms with Crippen molar-refractivity contribution in [3.8, 4) is 5.75 Å². The smallest absolute Gasteiger partial charge is 0.303 e. The molecule has 1 aliphatic rings. The molecular formula is C24H26BrNO11. The van der Waals surface area contributed by atoms with Gasteiger partial charge in [0.1, 0.15) is 18.5 Å². The Kier molecular flexibility index (Phi) is 8.92. The van der Waals surface area contributed by atoms with Gasteiger partial charge in [-0.1, -0.05) is 15.9 Å². The van der Waals surface area contributed by atoms with Gasteiger partial charge >= 0.3 is 23.9 Å². The van der Waals surface area contributed by atoms with Gasteiger partial charge in [0.25, 0.3) is 0 Å². The van der Waals surface area contributed by atoms with E-state index in [1.807, 2.05) is 0 Å². The largest absolute Gasteiger partial charge is 0.463 e. The van der Waals surface area contributed by atoms with E-state index in [0.29, 0.717) is 15.4 Å². The van der Waals surface area contributed by atoms with Gasteiger partial charge in [-0.3, -0.25) is 28.5 Å². The molecule has 200 valence electrons. The van der Waals surface area contributed by atoms with Gasteiger partial charge in [-0.05, 0) is 18.2 Å². The van der Waals surface area contributed by atoms with E-state index in [1.54, 1.807) is 18.2 Å². The van der Waals surface area contributed by atoms with Crippen molar-refractivity contribution in [1.82, 2.24) is 4.57 Å². The molecule has 1 aliphatic heterocycles. The molecule has 0 radical (unpaired) electrons. The number of carbonyl (C=O) groups excluding carboxylic acids is 5. The van der Waals surface area contributed by atoms with Gasteiger partial charge in [-0.15, -0.1) is 0 Å². The summed E-state index contributed by atoms with van der Waals surface area (Å²) in [4.78, 5) is 59.6. The Hall–Kier alpha value is -3.45. The summed E-state index contributed by atoms with van der Waals surface area (Å²) in [7, 11) is 0. The summed E-state index contributed by atoms with van der Waals surface area (Å²) in [5.41, 5.74) is 0.538. The van der Waals surface area contributed by atoms with Crippen molar-refractivity contribution in [2.24, 2.45) is 0 Å². The third kappa shape index (κ3) is 6.86. The second-order valence-corrected chi connectivity index (χ2v) is 9.15. The van der Waals surface area contributed by atoms with Crippen LogP contribution in [-0.4, -0.2) is 71.7 Å². The maximum Gasteiger partial charge on any atom is 0.303 e. The number of halogens is 1. The minimum absolute atomic E-state index is 0.187. The van der Waals surface area contributed by atoms with Crippen molar-refractivity contribution >= 4 is 56.6 Å². The molecule has 2 aromatic rings. The van der Waals surface area contributed by atoms with Crippen LogP contribution in [0, 0.1) is 0 Å². The van der Waals surface area contributed by atoms with E-state index in [9.17, 15) is 24.0 Å². The maximum absolute atomic E-state index is 12.2. The molecule has 0 spiro atoms. The number of rotatable bonds is 7. The predicted octanol–water partition coefficient (Wildman–Crippen LogP) is 2.53.